The zero-order chi connectivity index (χ0) is 17.1. The number of rotatable bonds is 9. The second-order valence-corrected chi connectivity index (χ2v) is 5.77. The standard InChI is InChI=1S/C18H31FN4.HI/c1-5-23(6-2)13-7-8-15(3)22-18(20-4)21-14-16-9-11-17(19)12-10-16;/h9-12,15H,5-8,13-14H2,1-4H3,(H2,20,21,22);1H. The lowest BCUT2D eigenvalue weighted by Crippen LogP contribution is -2.42. The summed E-state index contributed by atoms with van der Waals surface area (Å²) in [6, 6.07) is 6.88. The molecule has 0 saturated carbocycles. The molecule has 0 saturated heterocycles. The maximum absolute atomic E-state index is 12.9. The van der Waals surface area contributed by atoms with Gasteiger partial charge in [0.1, 0.15) is 5.82 Å². The molecule has 0 fully saturated rings. The van der Waals surface area contributed by atoms with Crippen molar-refractivity contribution in [3.63, 3.8) is 0 Å². The van der Waals surface area contributed by atoms with E-state index in [0.29, 0.717) is 12.6 Å². The Hall–Kier alpha value is -0.890. The van der Waals surface area contributed by atoms with Gasteiger partial charge in [-0.1, -0.05) is 26.0 Å². The molecule has 2 N–H and O–H groups in total. The van der Waals surface area contributed by atoms with Crippen LogP contribution in [0.4, 0.5) is 4.39 Å². The minimum absolute atomic E-state index is 0. The second kappa shape index (κ2) is 13.4. The van der Waals surface area contributed by atoms with Crippen molar-refractivity contribution in [3.8, 4) is 0 Å². The molecule has 0 aromatic heterocycles. The fourth-order valence-electron chi connectivity index (χ4n) is 2.45. The predicted molar refractivity (Wildman–Crippen MR) is 112 cm³/mol. The average molecular weight is 450 g/mol. The summed E-state index contributed by atoms with van der Waals surface area (Å²) < 4.78 is 12.9. The third kappa shape index (κ3) is 9.42. The van der Waals surface area contributed by atoms with E-state index in [1.54, 1.807) is 19.2 Å². The van der Waals surface area contributed by atoms with E-state index in [9.17, 15) is 4.39 Å². The van der Waals surface area contributed by atoms with Crippen LogP contribution >= 0.6 is 24.0 Å². The molecule has 0 aliphatic carbocycles. The first kappa shape index (κ1) is 23.1. The summed E-state index contributed by atoms with van der Waals surface area (Å²) in [5.74, 6) is 0.572. The molecule has 1 aromatic rings. The normalized spacial score (nSPS) is 12.7. The van der Waals surface area contributed by atoms with Gasteiger partial charge in [-0.2, -0.15) is 0 Å². The van der Waals surface area contributed by atoms with Crippen molar-refractivity contribution in [2.45, 2.75) is 46.2 Å². The van der Waals surface area contributed by atoms with Crippen LogP contribution in [-0.2, 0) is 6.54 Å². The first-order valence-electron chi connectivity index (χ1n) is 8.53. The van der Waals surface area contributed by atoms with Crippen molar-refractivity contribution in [2.24, 2.45) is 4.99 Å². The van der Waals surface area contributed by atoms with E-state index in [-0.39, 0.29) is 29.8 Å². The molecule has 1 aromatic carbocycles. The minimum Gasteiger partial charge on any atom is -0.354 e. The topological polar surface area (TPSA) is 39.7 Å². The highest BCUT2D eigenvalue weighted by atomic mass is 127. The van der Waals surface area contributed by atoms with E-state index in [1.165, 1.54) is 18.6 Å². The van der Waals surface area contributed by atoms with E-state index in [1.807, 2.05) is 0 Å². The third-order valence-corrected chi connectivity index (χ3v) is 3.99. The smallest absolute Gasteiger partial charge is 0.191 e. The van der Waals surface area contributed by atoms with Gasteiger partial charge in [0.05, 0.1) is 0 Å². The minimum atomic E-state index is -0.210. The van der Waals surface area contributed by atoms with Gasteiger partial charge >= 0.3 is 0 Å². The van der Waals surface area contributed by atoms with E-state index >= 15 is 0 Å². The lowest BCUT2D eigenvalue weighted by atomic mass is 10.2. The molecule has 0 spiro atoms. The summed E-state index contributed by atoms with van der Waals surface area (Å²) in [4.78, 5) is 6.68. The highest BCUT2D eigenvalue weighted by Gasteiger charge is 2.06. The van der Waals surface area contributed by atoms with Gasteiger partial charge < -0.3 is 15.5 Å². The molecule has 0 amide bonds. The molecule has 0 heterocycles. The Bertz CT molecular complexity index is 461. The Labute approximate surface area is 163 Å². The Morgan fingerprint density at radius 3 is 2.38 bits per heavy atom. The number of benzene rings is 1. The van der Waals surface area contributed by atoms with E-state index in [0.717, 1.165) is 37.6 Å². The van der Waals surface area contributed by atoms with E-state index in [4.69, 9.17) is 0 Å². The molecule has 0 bridgehead atoms. The van der Waals surface area contributed by atoms with Crippen LogP contribution in [0.3, 0.4) is 0 Å². The Morgan fingerprint density at radius 2 is 1.83 bits per heavy atom. The van der Waals surface area contributed by atoms with Crippen LogP contribution in [0.25, 0.3) is 0 Å². The molecule has 24 heavy (non-hydrogen) atoms. The lowest BCUT2D eigenvalue weighted by Gasteiger charge is -2.21. The number of nitrogens with one attached hydrogen (secondary N) is 2. The molecule has 1 unspecified atom stereocenters. The highest BCUT2D eigenvalue weighted by molar-refractivity contribution is 14.0. The summed E-state index contributed by atoms with van der Waals surface area (Å²) in [7, 11) is 1.77. The molecule has 1 rings (SSSR count). The number of guanidine groups is 1. The zero-order valence-corrected chi connectivity index (χ0v) is 17.6. The molecule has 138 valence electrons. The summed E-state index contributed by atoms with van der Waals surface area (Å²) in [5.41, 5.74) is 1.03. The lowest BCUT2D eigenvalue weighted by molar-refractivity contribution is 0.292. The van der Waals surface area contributed by atoms with Crippen molar-refractivity contribution in [1.29, 1.82) is 0 Å². The molecule has 0 radical (unpaired) electrons. The van der Waals surface area contributed by atoms with Gasteiger partial charge in [0.15, 0.2) is 5.96 Å². The SMILES string of the molecule is CCN(CC)CCCC(C)NC(=NC)NCc1ccc(F)cc1.I. The van der Waals surface area contributed by atoms with Gasteiger partial charge in [0.2, 0.25) is 0 Å². The van der Waals surface area contributed by atoms with Gasteiger partial charge in [-0.3, -0.25) is 4.99 Å². The summed E-state index contributed by atoms with van der Waals surface area (Å²) in [5, 5.41) is 6.67. The largest absolute Gasteiger partial charge is 0.354 e. The summed E-state index contributed by atoms with van der Waals surface area (Å²) in [6.45, 7) is 10.6. The Balaban J connectivity index is 0.00000529. The number of hydrogen-bond acceptors (Lipinski definition) is 2. The molecular formula is C18H32FIN4. The number of halogens is 2. The van der Waals surface area contributed by atoms with Crippen LogP contribution in [0.5, 0.6) is 0 Å². The van der Waals surface area contributed by atoms with Gasteiger partial charge in [-0.25, -0.2) is 4.39 Å². The first-order valence-corrected chi connectivity index (χ1v) is 8.53. The van der Waals surface area contributed by atoms with Crippen molar-refractivity contribution in [1.82, 2.24) is 15.5 Å². The van der Waals surface area contributed by atoms with Crippen molar-refractivity contribution in [2.75, 3.05) is 26.7 Å². The van der Waals surface area contributed by atoms with E-state index < -0.39 is 0 Å². The fourth-order valence-corrected chi connectivity index (χ4v) is 2.45. The summed E-state index contributed by atoms with van der Waals surface area (Å²) in [6.07, 6.45) is 2.28. The monoisotopic (exact) mass is 450 g/mol. The first-order chi connectivity index (χ1) is 11.1. The van der Waals surface area contributed by atoms with Crippen LogP contribution in [0, 0.1) is 5.82 Å². The van der Waals surface area contributed by atoms with Crippen LogP contribution in [-0.4, -0.2) is 43.6 Å². The quantitative estimate of drug-likeness (QED) is 0.343. The predicted octanol–water partition coefficient (Wildman–Crippen LogP) is 3.62. The van der Waals surface area contributed by atoms with Crippen LogP contribution in [0.1, 0.15) is 39.2 Å². The van der Waals surface area contributed by atoms with Gasteiger partial charge in [-0.05, 0) is 57.1 Å². The summed E-state index contributed by atoms with van der Waals surface area (Å²) >= 11 is 0. The van der Waals surface area contributed by atoms with Crippen molar-refractivity contribution >= 4 is 29.9 Å². The third-order valence-electron chi connectivity index (χ3n) is 3.99. The second-order valence-electron chi connectivity index (χ2n) is 5.77. The average Bonchev–Trinajstić information content (AvgIpc) is 2.57. The molecule has 0 aliphatic rings. The van der Waals surface area contributed by atoms with E-state index in [2.05, 4.69) is 41.3 Å². The van der Waals surface area contributed by atoms with Crippen molar-refractivity contribution in [3.05, 3.63) is 35.6 Å². The molecule has 0 aliphatic heterocycles. The van der Waals surface area contributed by atoms with Gasteiger partial charge in [0, 0.05) is 19.6 Å². The Morgan fingerprint density at radius 1 is 1.21 bits per heavy atom. The Kier molecular flexibility index (Phi) is 12.9. The van der Waals surface area contributed by atoms with Crippen LogP contribution in [0.2, 0.25) is 0 Å². The number of hydrogen-bond donors (Lipinski definition) is 2. The molecule has 6 heteroatoms. The zero-order valence-electron chi connectivity index (χ0n) is 15.3. The molecule has 1 atom stereocenters. The fraction of sp³-hybridized carbons (Fsp3) is 0.611. The maximum atomic E-state index is 12.9. The maximum Gasteiger partial charge on any atom is 0.191 e. The van der Waals surface area contributed by atoms with Gasteiger partial charge in [0.25, 0.3) is 0 Å². The molecular weight excluding hydrogens is 418 g/mol. The van der Waals surface area contributed by atoms with Crippen LogP contribution in [0.15, 0.2) is 29.3 Å². The number of aliphatic imine (C=N–C) groups is 1. The van der Waals surface area contributed by atoms with Gasteiger partial charge in [-0.15, -0.1) is 24.0 Å². The highest BCUT2D eigenvalue weighted by Crippen LogP contribution is 2.03. The molecule has 4 nitrogen and oxygen atoms in total. The number of nitrogens with zero attached hydrogens (tertiary/aromatic N) is 2. The van der Waals surface area contributed by atoms with Crippen molar-refractivity contribution < 1.29 is 4.39 Å². The van der Waals surface area contributed by atoms with Crippen LogP contribution < -0.4 is 10.6 Å².